The first kappa shape index (κ1) is 14.9. The number of hydrogen-bond donors (Lipinski definition) is 0. The van der Waals surface area contributed by atoms with Crippen LogP contribution < -0.4 is 0 Å². The zero-order valence-corrected chi connectivity index (χ0v) is 11.4. The second-order valence-electron chi connectivity index (χ2n) is 4.15. The average molecular weight is 322 g/mol. The van der Waals surface area contributed by atoms with E-state index in [-0.39, 0.29) is 0 Å². The molecule has 0 aliphatic heterocycles. The lowest BCUT2D eigenvalue weighted by Gasteiger charge is -2.05. The summed E-state index contributed by atoms with van der Waals surface area (Å²) in [4.78, 5) is 11.1. The fourth-order valence-corrected chi connectivity index (χ4v) is 2.01. The van der Waals surface area contributed by atoms with Gasteiger partial charge in [0.05, 0.1) is 10.0 Å². The van der Waals surface area contributed by atoms with Crippen LogP contribution in [-0.2, 0) is 6.54 Å². The van der Waals surface area contributed by atoms with Gasteiger partial charge < -0.3 is 4.57 Å². The average Bonchev–Trinajstić information content (AvgIpc) is 2.80. The molecule has 0 saturated carbocycles. The Morgan fingerprint density at radius 3 is 2.45 bits per heavy atom. The minimum Gasteiger partial charge on any atom is -0.349 e. The second kappa shape index (κ2) is 5.50. The molecule has 0 atom stereocenters. The lowest BCUT2D eigenvalue weighted by molar-refractivity contribution is -0.0885. The van der Waals surface area contributed by atoms with Crippen molar-refractivity contribution in [2.75, 3.05) is 0 Å². The summed E-state index contributed by atoms with van der Waals surface area (Å²) in [5.74, 6) is -1.86. The predicted molar refractivity (Wildman–Crippen MR) is 70.4 cm³/mol. The molecule has 0 amide bonds. The first-order chi connectivity index (χ1) is 9.27. The second-order valence-corrected chi connectivity index (χ2v) is 4.96. The molecule has 0 fully saturated rings. The van der Waals surface area contributed by atoms with Crippen molar-refractivity contribution in [1.29, 1.82) is 0 Å². The number of alkyl halides is 3. The van der Waals surface area contributed by atoms with Gasteiger partial charge in [0.25, 0.3) is 5.78 Å². The van der Waals surface area contributed by atoms with Crippen LogP contribution in [-0.4, -0.2) is 16.5 Å². The van der Waals surface area contributed by atoms with Gasteiger partial charge >= 0.3 is 6.18 Å². The maximum Gasteiger partial charge on any atom is 0.454 e. The van der Waals surface area contributed by atoms with Crippen LogP contribution in [0.15, 0.2) is 36.7 Å². The number of halogens is 5. The Hall–Kier alpha value is -1.46. The Labute approximate surface area is 122 Å². The summed E-state index contributed by atoms with van der Waals surface area (Å²) >= 11 is 11.6. The van der Waals surface area contributed by atoms with Crippen LogP contribution in [0.2, 0.25) is 10.0 Å². The maximum absolute atomic E-state index is 12.3. The quantitative estimate of drug-likeness (QED) is 0.758. The van der Waals surface area contributed by atoms with Crippen molar-refractivity contribution in [2.24, 2.45) is 0 Å². The van der Waals surface area contributed by atoms with Crippen LogP contribution >= 0.6 is 23.2 Å². The molecule has 2 nitrogen and oxygen atoms in total. The molecule has 1 heterocycles. The highest BCUT2D eigenvalue weighted by Gasteiger charge is 2.39. The highest BCUT2D eigenvalue weighted by atomic mass is 35.5. The lowest BCUT2D eigenvalue weighted by atomic mass is 10.2. The van der Waals surface area contributed by atoms with Gasteiger partial charge in [0.1, 0.15) is 0 Å². The van der Waals surface area contributed by atoms with Crippen LogP contribution in [0.3, 0.4) is 0 Å². The van der Waals surface area contributed by atoms with E-state index >= 15 is 0 Å². The van der Waals surface area contributed by atoms with E-state index in [9.17, 15) is 18.0 Å². The van der Waals surface area contributed by atoms with E-state index < -0.39 is 17.5 Å². The number of ketones is 1. The molecule has 106 valence electrons. The Bertz CT molecular complexity index is 649. The van der Waals surface area contributed by atoms with E-state index in [1.807, 2.05) is 0 Å². The Balaban J connectivity index is 2.17. The smallest absolute Gasteiger partial charge is 0.349 e. The SMILES string of the molecule is O=C(c1ccn(Cc2ccc(Cl)c(Cl)c2)c1)C(F)(F)F. The first-order valence-corrected chi connectivity index (χ1v) is 6.24. The third-order valence-electron chi connectivity index (χ3n) is 2.62. The van der Waals surface area contributed by atoms with Crippen molar-refractivity contribution in [2.45, 2.75) is 12.7 Å². The van der Waals surface area contributed by atoms with Gasteiger partial charge in [-0.2, -0.15) is 13.2 Å². The molecule has 0 radical (unpaired) electrons. The molecule has 0 saturated heterocycles. The topological polar surface area (TPSA) is 22.0 Å². The minimum atomic E-state index is -4.87. The normalized spacial score (nSPS) is 11.7. The molecule has 0 bridgehead atoms. The first-order valence-electron chi connectivity index (χ1n) is 5.48. The lowest BCUT2D eigenvalue weighted by Crippen LogP contribution is -2.22. The van der Waals surface area contributed by atoms with Crippen LogP contribution in [0.4, 0.5) is 13.2 Å². The molecule has 7 heteroatoms. The Kier molecular flexibility index (Phi) is 4.11. The summed E-state index contributed by atoms with van der Waals surface area (Å²) in [6.07, 6.45) is -2.31. The third kappa shape index (κ3) is 3.35. The Morgan fingerprint density at radius 2 is 1.85 bits per heavy atom. The molecule has 0 unspecified atom stereocenters. The van der Waals surface area contributed by atoms with Gasteiger partial charge in [-0.25, -0.2) is 0 Å². The summed E-state index contributed by atoms with van der Waals surface area (Å²) in [5.41, 5.74) is 0.374. The van der Waals surface area contributed by atoms with Crippen LogP contribution in [0, 0.1) is 0 Å². The molecule has 0 aliphatic carbocycles. The van der Waals surface area contributed by atoms with Crippen molar-refractivity contribution >= 4 is 29.0 Å². The molecule has 0 aliphatic rings. The summed E-state index contributed by atoms with van der Waals surface area (Å²) in [6, 6.07) is 6.06. The van der Waals surface area contributed by atoms with Crippen LogP contribution in [0.1, 0.15) is 15.9 Å². The number of aromatic nitrogens is 1. The van der Waals surface area contributed by atoms with E-state index in [0.29, 0.717) is 16.6 Å². The van der Waals surface area contributed by atoms with Crippen molar-refractivity contribution < 1.29 is 18.0 Å². The van der Waals surface area contributed by atoms with Gasteiger partial charge in [0.2, 0.25) is 0 Å². The van der Waals surface area contributed by atoms with E-state index in [2.05, 4.69) is 0 Å². The van der Waals surface area contributed by atoms with Gasteiger partial charge in [-0.3, -0.25) is 4.79 Å². The molecule has 1 aromatic carbocycles. The summed E-state index contributed by atoms with van der Waals surface area (Å²) in [7, 11) is 0. The van der Waals surface area contributed by atoms with Gasteiger partial charge in [-0.15, -0.1) is 0 Å². The minimum absolute atomic E-state index is 0.294. The number of nitrogens with zero attached hydrogens (tertiary/aromatic N) is 1. The number of Topliss-reactive ketones (excluding diaryl/α,β-unsaturated/α-hetero) is 1. The molecular weight excluding hydrogens is 314 g/mol. The van der Waals surface area contributed by atoms with Crippen molar-refractivity contribution in [1.82, 2.24) is 4.57 Å². The summed E-state index contributed by atoms with van der Waals surface area (Å²) in [6.45, 7) is 0.294. The third-order valence-corrected chi connectivity index (χ3v) is 3.36. The van der Waals surface area contributed by atoms with Crippen LogP contribution in [0.5, 0.6) is 0 Å². The zero-order valence-electron chi connectivity index (χ0n) is 9.92. The fourth-order valence-electron chi connectivity index (χ4n) is 1.69. The standard InChI is InChI=1S/C13H8Cl2F3NO/c14-10-2-1-8(5-11(10)15)6-19-4-3-9(7-19)12(20)13(16,17)18/h1-5,7H,6H2. The van der Waals surface area contributed by atoms with Gasteiger partial charge in [-0.1, -0.05) is 29.3 Å². The van der Waals surface area contributed by atoms with Crippen LogP contribution in [0.25, 0.3) is 0 Å². The fraction of sp³-hybridized carbons (Fsp3) is 0.154. The molecule has 1 aromatic heterocycles. The molecule has 0 spiro atoms. The Morgan fingerprint density at radius 1 is 1.15 bits per heavy atom. The van der Waals surface area contributed by atoms with E-state index in [0.717, 1.165) is 17.8 Å². The van der Waals surface area contributed by atoms with E-state index in [4.69, 9.17) is 23.2 Å². The monoisotopic (exact) mass is 321 g/mol. The van der Waals surface area contributed by atoms with Crippen molar-refractivity contribution in [3.05, 3.63) is 57.8 Å². The number of carbonyl (C=O) groups excluding carboxylic acids is 1. The largest absolute Gasteiger partial charge is 0.454 e. The predicted octanol–water partition coefficient (Wildman–Crippen LogP) is 4.59. The highest BCUT2D eigenvalue weighted by Crippen LogP contribution is 2.24. The molecule has 2 aromatic rings. The van der Waals surface area contributed by atoms with E-state index in [1.54, 1.807) is 18.2 Å². The number of hydrogen-bond acceptors (Lipinski definition) is 1. The summed E-state index contributed by atoms with van der Waals surface area (Å²) in [5, 5.41) is 0.763. The van der Waals surface area contributed by atoms with E-state index in [1.165, 1.54) is 10.8 Å². The zero-order chi connectivity index (χ0) is 14.9. The maximum atomic E-state index is 12.3. The van der Waals surface area contributed by atoms with Gasteiger partial charge in [0.15, 0.2) is 0 Å². The number of carbonyl (C=O) groups is 1. The number of rotatable bonds is 3. The molecule has 0 N–H and O–H groups in total. The highest BCUT2D eigenvalue weighted by molar-refractivity contribution is 6.42. The van der Waals surface area contributed by atoms with Crippen molar-refractivity contribution in [3.8, 4) is 0 Å². The number of benzene rings is 1. The molecular formula is C13H8Cl2F3NO. The van der Waals surface area contributed by atoms with Crippen molar-refractivity contribution in [3.63, 3.8) is 0 Å². The van der Waals surface area contributed by atoms with Gasteiger partial charge in [-0.05, 0) is 23.8 Å². The molecule has 20 heavy (non-hydrogen) atoms. The molecule has 2 rings (SSSR count). The van der Waals surface area contributed by atoms with Gasteiger partial charge in [0, 0.05) is 24.5 Å². The summed E-state index contributed by atoms with van der Waals surface area (Å²) < 4.78 is 38.3.